The van der Waals surface area contributed by atoms with Crippen molar-refractivity contribution in [2.45, 2.75) is 38.3 Å². The molecule has 0 rings (SSSR count). The van der Waals surface area contributed by atoms with E-state index < -0.39 is 0 Å². The Morgan fingerprint density at radius 2 is 1.37 bits per heavy atom. The van der Waals surface area contributed by atoms with Crippen LogP contribution in [-0.4, -0.2) is 75.7 Å². The molecular weight excluding hydrogens is 236 g/mol. The van der Waals surface area contributed by atoms with Gasteiger partial charge in [0, 0.05) is 0 Å². The highest BCUT2D eigenvalue weighted by molar-refractivity contribution is 4.87. The molecule has 0 aromatic rings. The minimum Gasteiger partial charge on any atom is -0.313 e. The van der Waals surface area contributed by atoms with Gasteiger partial charge in [-0.05, 0) is 87.0 Å². The van der Waals surface area contributed by atoms with E-state index >= 15 is 0 Å². The van der Waals surface area contributed by atoms with Crippen LogP contribution in [0.4, 0.5) is 0 Å². The first-order valence-corrected chi connectivity index (χ1v) is 7.46. The Morgan fingerprint density at radius 1 is 0.895 bits per heavy atom. The van der Waals surface area contributed by atoms with Crippen LogP contribution in [0.5, 0.6) is 0 Å². The van der Waals surface area contributed by atoms with Gasteiger partial charge in [0.25, 0.3) is 0 Å². The Balaban J connectivity index is 4.33. The third-order valence-corrected chi connectivity index (χ3v) is 4.11. The second kappa shape index (κ2) is 8.90. The van der Waals surface area contributed by atoms with Crippen LogP contribution in [0.1, 0.15) is 32.6 Å². The summed E-state index contributed by atoms with van der Waals surface area (Å²) in [6.07, 6.45) is 4.62. The van der Waals surface area contributed by atoms with Crippen LogP contribution >= 0.6 is 0 Å². The van der Waals surface area contributed by atoms with Crippen LogP contribution in [0.25, 0.3) is 0 Å². The molecule has 0 radical (unpaired) electrons. The normalized spacial score (nSPS) is 17.2. The summed E-state index contributed by atoms with van der Waals surface area (Å²) in [6, 6.07) is 0. The van der Waals surface area contributed by atoms with E-state index in [2.05, 4.69) is 63.9 Å². The molecule has 0 aliphatic carbocycles. The van der Waals surface area contributed by atoms with E-state index in [4.69, 9.17) is 5.73 Å². The predicted octanol–water partition coefficient (Wildman–Crippen LogP) is 1.52. The number of rotatable bonds is 10. The summed E-state index contributed by atoms with van der Waals surface area (Å²) in [6.45, 7) is 4.55. The molecule has 0 aliphatic rings. The summed E-state index contributed by atoms with van der Waals surface area (Å²) in [5, 5.41) is 0. The molecule has 0 saturated carbocycles. The van der Waals surface area contributed by atoms with Crippen molar-refractivity contribution in [2.24, 2.45) is 11.7 Å². The first-order chi connectivity index (χ1) is 8.70. The maximum atomic E-state index is 6.68. The van der Waals surface area contributed by atoms with E-state index in [-0.39, 0.29) is 5.66 Å². The highest BCUT2D eigenvalue weighted by Crippen LogP contribution is 2.26. The van der Waals surface area contributed by atoms with Gasteiger partial charge in [0.2, 0.25) is 0 Å². The van der Waals surface area contributed by atoms with Crippen LogP contribution in [-0.2, 0) is 0 Å². The molecule has 4 heteroatoms. The zero-order valence-electron chi connectivity index (χ0n) is 14.2. The third-order valence-electron chi connectivity index (χ3n) is 4.11. The van der Waals surface area contributed by atoms with Gasteiger partial charge in [-0.2, -0.15) is 0 Å². The number of hydrogen-bond acceptors (Lipinski definition) is 4. The lowest BCUT2D eigenvalue weighted by atomic mass is 9.85. The van der Waals surface area contributed by atoms with E-state index in [1.54, 1.807) is 0 Å². The largest absolute Gasteiger partial charge is 0.313 e. The minimum absolute atomic E-state index is 0.178. The first-order valence-electron chi connectivity index (χ1n) is 7.46. The summed E-state index contributed by atoms with van der Waals surface area (Å²) in [5.41, 5.74) is 6.50. The van der Waals surface area contributed by atoms with Crippen molar-refractivity contribution in [2.75, 3.05) is 55.4 Å². The quantitative estimate of drug-likeness (QED) is 0.612. The van der Waals surface area contributed by atoms with E-state index in [0.29, 0.717) is 5.92 Å². The van der Waals surface area contributed by atoms with Gasteiger partial charge in [0.15, 0.2) is 0 Å². The van der Waals surface area contributed by atoms with Crippen molar-refractivity contribution in [3.05, 3.63) is 0 Å². The maximum Gasteiger partial charge on any atom is 0.0708 e. The van der Waals surface area contributed by atoms with Crippen LogP contribution in [0.2, 0.25) is 0 Å². The molecule has 0 heterocycles. The molecule has 0 fully saturated rings. The molecule has 4 nitrogen and oxygen atoms in total. The zero-order chi connectivity index (χ0) is 15.1. The van der Waals surface area contributed by atoms with Gasteiger partial charge in [0.1, 0.15) is 0 Å². The highest BCUT2D eigenvalue weighted by Gasteiger charge is 2.33. The molecule has 2 N–H and O–H groups in total. The lowest BCUT2D eigenvalue weighted by Gasteiger charge is -2.42. The van der Waals surface area contributed by atoms with E-state index in [9.17, 15) is 0 Å². The SMILES string of the molecule is CC(CCCN(C)C)C(N)(CCCN(C)C)N(C)C. The second-order valence-corrected chi connectivity index (χ2v) is 6.64. The van der Waals surface area contributed by atoms with Gasteiger partial charge in [-0.25, -0.2) is 0 Å². The summed E-state index contributed by atoms with van der Waals surface area (Å²) < 4.78 is 0. The molecule has 0 aromatic heterocycles. The Morgan fingerprint density at radius 3 is 1.79 bits per heavy atom. The van der Waals surface area contributed by atoms with Crippen molar-refractivity contribution in [3.63, 3.8) is 0 Å². The number of nitrogens with two attached hydrogens (primary N) is 1. The third kappa shape index (κ3) is 7.25. The fraction of sp³-hybridized carbons (Fsp3) is 1.00. The van der Waals surface area contributed by atoms with E-state index in [0.717, 1.165) is 25.9 Å². The summed E-state index contributed by atoms with van der Waals surface area (Å²) in [4.78, 5) is 6.68. The first kappa shape index (κ1) is 18.8. The van der Waals surface area contributed by atoms with Gasteiger partial charge >= 0.3 is 0 Å². The van der Waals surface area contributed by atoms with Crippen LogP contribution in [0.15, 0.2) is 0 Å². The molecule has 0 spiro atoms. The zero-order valence-corrected chi connectivity index (χ0v) is 14.2. The topological polar surface area (TPSA) is 35.7 Å². The van der Waals surface area contributed by atoms with Crippen molar-refractivity contribution in [1.82, 2.24) is 14.7 Å². The van der Waals surface area contributed by atoms with Crippen molar-refractivity contribution in [3.8, 4) is 0 Å². The van der Waals surface area contributed by atoms with Crippen molar-refractivity contribution < 1.29 is 0 Å². The Hall–Kier alpha value is -0.160. The fourth-order valence-electron chi connectivity index (χ4n) is 2.55. The van der Waals surface area contributed by atoms with Crippen LogP contribution in [0.3, 0.4) is 0 Å². The predicted molar refractivity (Wildman–Crippen MR) is 85.3 cm³/mol. The monoisotopic (exact) mass is 272 g/mol. The molecule has 2 atom stereocenters. The van der Waals surface area contributed by atoms with E-state index in [1.165, 1.54) is 12.8 Å². The van der Waals surface area contributed by atoms with Gasteiger partial charge in [0.05, 0.1) is 5.66 Å². The number of nitrogens with zero attached hydrogens (tertiary/aromatic N) is 3. The molecule has 2 unspecified atom stereocenters. The van der Waals surface area contributed by atoms with Gasteiger partial charge in [-0.1, -0.05) is 6.92 Å². The highest BCUT2D eigenvalue weighted by atomic mass is 15.2. The molecule has 116 valence electrons. The van der Waals surface area contributed by atoms with Gasteiger partial charge in [-0.15, -0.1) is 0 Å². The van der Waals surface area contributed by atoms with E-state index in [1.807, 2.05) is 0 Å². The summed E-state index contributed by atoms with van der Waals surface area (Å²) in [5.74, 6) is 0.518. The van der Waals surface area contributed by atoms with Crippen LogP contribution in [0, 0.1) is 5.92 Å². The summed E-state index contributed by atoms with van der Waals surface area (Å²) in [7, 11) is 12.7. The molecule has 0 saturated heterocycles. The molecular formula is C15H36N4. The average Bonchev–Trinajstić information content (AvgIpc) is 2.27. The Labute approximate surface area is 120 Å². The molecule has 19 heavy (non-hydrogen) atoms. The van der Waals surface area contributed by atoms with Crippen LogP contribution < -0.4 is 5.73 Å². The fourth-order valence-corrected chi connectivity index (χ4v) is 2.55. The Bertz CT molecular complexity index is 228. The smallest absolute Gasteiger partial charge is 0.0708 e. The second-order valence-electron chi connectivity index (χ2n) is 6.64. The maximum absolute atomic E-state index is 6.68. The molecule has 0 aromatic carbocycles. The van der Waals surface area contributed by atoms with Gasteiger partial charge < -0.3 is 15.5 Å². The average molecular weight is 272 g/mol. The molecule has 0 bridgehead atoms. The van der Waals surface area contributed by atoms with Crippen molar-refractivity contribution in [1.29, 1.82) is 0 Å². The Kier molecular flexibility index (Phi) is 8.83. The molecule has 0 aliphatic heterocycles. The van der Waals surface area contributed by atoms with Crippen molar-refractivity contribution >= 4 is 0 Å². The summed E-state index contributed by atoms with van der Waals surface area (Å²) >= 11 is 0. The minimum atomic E-state index is -0.178. The standard InChI is InChI=1S/C15H36N4/c1-14(10-8-12-17(2)3)15(16,19(6)7)11-9-13-18(4)5/h14H,8-13,16H2,1-7H3. The lowest BCUT2D eigenvalue weighted by molar-refractivity contribution is 0.0704. The van der Waals surface area contributed by atoms with Gasteiger partial charge in [-0.3, -0.25) is 4.90 Å². The lowest BCUT2D eigenvalue weighted by Crippen LogP contribution is -2.57. The molecule has 0 amide bonds. The number of hydrogen-bond donors (Lipinski definition) is 1.